The summed E-state index contributed by atoms with van der Waals surface area (Å²) in [7, 11) is -3.91. The highest BCUT2D eigenvalue weighted by Crippen LogP contribution is 2.30. The summed E-state index contributed by atoms with van der Waals surface area (Å²) < 4.78 is 26.3. The molecule has 1 aromatic rings. The molecule has 0 amide bonds. The van der Waals surface area contributed by atoms with Gasteiger partial charge in [-0.15, -0.1) is 0 Å². The highest BCUT2D eigenvalue weighted by atomic mass is 35.5. The van der Waals surface area contributed by atoms with Crippen LogP contribution in [0.4, 0.5) is 0 Å². The van der Waals surface area contributed by atoms with Crippen LogP contribution >= 0.6 is 11.6 Å². The molecule has 0 radical (unpaired) electrons. The molecule has 1 heterocycles. The Hall–Kier alpha value is -1.15. The van der Waals surface area contributed by atoms with Crippen LogP contribution in [0.25, 0.3) is 0 Å². The van der Waals surface area contributed by atoms with Gasteiger partial charge in [-0.25, -0.2) is 13.2 Å². The third kappa shape index (κ3) is 2.67. The molecule has 1 aromatic carbocycles. The first-order chi connectivity index (χ1) is 9.37. The fourth-order valence-electron chi connectivity index (χ4n) is 2.27. The number of nitrogens with zero attached hydrogens (tertiary/aromatic N) is 1. The Labute approximate surface area is 121 Å². The van der Waals surface area contributed by atoms with Crippen LogP contribution in [0, 0.1) is 0 Å². The Morgan fingerprint density at radius 3 is 2.75 bits per heavy atom. The van der Waals surface area contributed by atoms with Gasteiger partial charge in [0.15, 0.2) is 0 Å². The highest BCUT2D eigenvalue weighted by molar-refractivity contribution is 7.89. The van der Waals surface area contributed by atoms with Crippen molar-refractivity contribution in [3.05, 3.63) is 28.8 Å². The monoisotopic (exact) mass is 319 g/mol. The molecule has 8 heteroatoms. The van der Waals surface area contributed by atoms with Crippen LogP contribution in [0.3, 0.4) is 0 Å². The number of hydrogen-bond acceptors (Lipinski definition) is 4. The Kier molecular flexibility index (Phi) is 4.33. The third-order valence-corrected chi connectivity index (χ3v) is 5.73. The number of hydrogen-bond donors (Lipinski definition) is 2. The van der Waals surface area contributed by atoms with Crippen LogP contribution in [0.2, 0.25) is 5.02 Å². The SMILES string of the molecule is O=C(O)c1ccc(Cl)c(S(=O)(=O)N2CCCC2CO)c1. The van der Waals surface area contributed by atoms with Crippen LogP contribution in [0.5, 0.6) is 0 Å². The van der Waals surface area contributed by atoms with Gasteiger partial charge >= 0.3 is 5.97 Å². The molecule has 0 aromatic heterocycles. The van der Waals surface area contributed by atoms with E-state index in [0.29, 0.717) is 19.4 Å². The van der Waals surface area contributed by atoms with E-state index in [9.17, 15) is 18.3 Å². The molecule has 1 saturated heterocycles. The molecule has 6 nitrogen and oxygen atoms in total. The maximum Gasteiger partial charge on any atom is 0.335 e. The van der Waals surface area contributed by atoms with Crippen LogP contribution in [0.15, 0.2) is 23.1 Å². The van der Waals surface area contributed by atoms with Crippen LogP contribution < -0.4 is 0 Å². The zero-order valence-electron chi connectivity index (χ0n) is 10.5. The molecule has 1 fully saturated rings. The maximum absolute atomic E-state index is 12.5. The second-order valence-corrected chi connectivity index (χ2v) is 6.81. The zero-order chi connectivity index (χ0) is 14.9. The number of carboxylic acid groups (broad SMARTS) is 1. The van der Waals surface area contributed by atoms with E-state index in [4.69, 9.17) is 16.7 Å². The molecule has 110 valence electrons. The van der Waals surface area contributed by atoms with Crippen molar-refractivity contribution in [2.45, 2.75) is 23.8 Å². The second-order valence-electron chi connectivity index (χ2n) is 4.54. The first-order valence-electron chi connectivity index (χ1n) is 6.03. The van der Waals surface area contributed by atoms with Crippen molar-refractivity contribution in [2.24, 2.45) is 0 Å². The van der Waals surface area contributed by atoms with E-state index >= 15 is 0 Å². The fourth-order valence-corrected chi connectivity index (χ4v) is 4.46. The van der Waals surface area contributed by atoms with E-state index in [1.54, 1.807) is 0 Å². The predicted molar refractivity (Wildman–Crippen MR) is 72.4 cm³/mol. The molecule has 0 spiro atoms. The topological polar surface area (TPSA) is 94.9 Å². The first kappa shape index (κ1) is 15.2. The first-order valence-corrected chi connectivity index (χ1v) is 7.85. The Balaban J connectivity index is 2.48. The standard InChI is InChI=1S/C12H14ClNO5S/c13-10-4-3-8(12(16)17)6-11(10)20(18,19)14-5-1-2-9(14)7-15/h3-4,6,9,15H,1-2,5,7H2,(H,16,17). The molecule has 2 N–H and O–H groups in total. The van der Waals surface area contributed by atoms with Gasteiger partial charge in [0, 0.05) is 12.6 Å². The number of aromatic carboxylic acids is 1. The van der Waals surface area contributed by atoms with Gasteiger partial charge in [-0.2, -0.15) is 4.31 Å². The van der Waals surface area contributed by atoms with E-state index in [-0.39, 0.29) is 22.1 Å². The van der Waals surface area contributed by atoms with Crippen molar-refractivity contribution in [1.82, 2.24) is 4.31 Å². The summed E-state index contributed by atoms with van der Waals surface area (Å²) in [5, 5.41) is 18.1. The van der Waals surface area contributed by atoms with Crippen LogP contribution in [-0.4, -0.2) is 48.1 Å². The molecule has 1 unspecified atom stereocenters. The van der Waals surface area contributed by atoms with Crippen molar-refractivity contribution in [2.75, 3.05) is 13.2 Å². The number of carboxylic acids is 1. The van der Waals surface area contributed by atoms with E-state index in [1.807, 2.05) is 0 Å². The quantitative estimate of drug-likeness (QED) is 0.869. The number of sulfonamides is 1. The fraction of sp³-hybridized carbons (Fsp3) is 0.417. The molecule has 0 aliphatic carbocycles. The van der Waals surface area contributed by atoms with Crippen molar-refractivity contribution in [3.8, 4) is 0 Å². The summed E-state index contributed by atoms with van der Waals surface area (Å²) in [6.45, 7) is 0.0245. The van der Waals surface area contributed by atoms with Crippen molar-refractivity contribution in [3.63, 3.8) is 0 Å². The maximum atomic E-state index is 12.5. The summed E-state index contributed by atoms with van der Waals surface area (Å²) in [6.07, 6.45) is 1.23. The third-order valence-electron chi connectivity index (χ3n) is 3.30. The summed E-state index contributed by atoms with van der Waals surface area (Å²) in [5.41, 5.74) is -0.146. The lowest BCUT2D eigenvalue weighted by molar-refractivity contribution is 0.0696. The lowest BCUT2D eigenvalue weighted by Gasteiger charge is -2.23. The molecule has 1 aliphatic heterocycles. The van der Waals surface area contributed by atoms with Crippen molar-refractivity contribution >= 4 is 27.6 Å². The molecule has 20 heavy (non-hydrogen) atoms. The number of aliphatic hydroxyl groups excluding tert-OH is 1. The highest BCUT2D eigenvalue weighted by Gasteiger charge is 2.36. The molecule has 1 atom stereocenters. The van der Waals surface area contributed by atoms with E-state index in [0.717, 1.165) is 6.07 Å². The van der Waals surface area contributed by atoms with Gasteiger partial charge in [0.1, 0.15) is 4.90 Å². The molecular formula is C12H14ClNO5S. The van der Waals surface area contributed by atoms with Gasteiger partial charge in [0.2, 0.25) is 10.0 Å². The van der Waals surface area contributed by atoms with Gasteiger partial charge in [-0.3, -0.25) is 0 Å². The summed E-state index contributed by atoms with van der Waals surface area (Å²) in [6, 6.07) is 3.07. The second kappa shape index (κ2) is 5.69. The number of rotatable bonds is 4. The molecule has 1 aliphatic rings. The van der Waals surface area contributed by atoms with E-state index < -0.39 is 22.0 Å². The van der Waals surface area contributed by atoms with Gasteiger partial charge in [-0.1, -0.05) is 11.6 Å². The lowest BCUT2D eigenvalue weighted by atomic mass is 10.2. The zero-order valence-corrected chi connectivity index (χ0v) is 12.1. The normalized spacial score (nSPS) is 20.2. The number of aliphatic hydroxyl groups is 1. The smallest absolute Gasteiger partial charge is 0.335 e. The Morgan fingerprint density at radius 1 is 1.45 bits per heavy atom. The number of benzene rings is 1. The minimum atomic E-state index is -3.91. The molecule has 0 bridgehead atoms. The number of carbonyl (C=O) groups is 1. The van der Waals surface area contributed by atoms with Crippen molar-refractivity contribution in [1.29, 1.82) is 0 Å². The molecule has 0 saturated carbocycles. The minimum absolute atomic E-state index is 0.0291. The summed E-state index contributed by atoms with van der Waals surface area (Å²) in [5.74, 6) is -1.22. The van der Waals surface area contributed by atoms with Crippen LogP contribution in [0.1, 0.15) is 23.2 Å². The van der Waals surface area contributed by atoms with Gasteiger partial charge in [-0.05, 0) is 31.0 Å². The Bertz CT molecular complexity index is 631. The summed E-state index contributed by atoms with van der Waals surface area (Å²) in [4.78, 5) is 10.7. The van der Waals surface area contributed by atoms with Gasteiger partial charge in [0.25, 0.3) is 0 Å². The predicted octanol–water partition coefficient (Wildman–Crippen LogP) is 1.18. The van der Waals surface area contributed by atoms with Gasteiger partial charge < -0.3 is 10.2 Å². The summed E-state index contributed by atoms with van der Waals surface area (Å²) >= 11 is 5.89. The minimum Gasteiger partial charge on any atom is -0.478 e. The van der Waals surface area contributed by atoms with E-state index in [1.165, 1.54) is 16.4 Å². The molecular weight excluding hydrogens is 306 g/mol. The van der Waals surface area contributed by atoms with Crippen molar-refractivity contribution < 1.29 is 23.4 Å². The number of halogens is 1. The average Bonchev–Trinajstić information content (AvgIpc) is 2.87. The molecule has 2 rings (SSSR count). The van der Waals surface area contributed by atoms with Gasteiger partial charge in [0.05, 0.1) is 17.2 Å². The van der Waals surface area contributed by atoms with Crippen LogP contribution in [-0.2, 0) is 10.0 Å². The average molecular weight is 320 g/mol. The Morgan fingerprint density at radius 2 is 2.15 bits per heavy atom. The largest absolute Gasteiger partial charge is 0.478 e. The van der Waals surface area contributed by atoms with E-state index in [2.05, 4.69) is 0 Å². The lowest BCUT2D eigenvalue weighted by Crippen LogP contribution is -2.37.